The van der Waals surface area contributed by atoms with E-state index in [9.17, 15) is 9.59 Å². The first-order valence-electron chi connectivity index (χ1n) is 8.25. The zero-order valence-corrected chi connectivity index (χ0v) is 16.0. The Morgan fingerprint density at radius 3 is 2.62 bits per heavy atom. The van der Waals surface area contributed by atoms with E-state index in [0.29, 0.717) is 18.8 Å². The molecule has 0 spiro atoms. The van der Waals surface area contributed by atoms with Gasteiger partial charge in [0.1, 0.15) is 5.69 Å². The van der Waals surface area contributed by atoms with E-state index in [-0.39, 0.29) is 18.3 Å². The molecule has 0 radical (unpaired) electrons. The quantitative estimate of drug-likeness (QED) is 0.616. The van der Waals surface area contributed by atoms with Gasteiger partial charge in [-0.1, -0.05) is 52.3 Å². The number of halogens is 1. The number of nitrogens with one attached hydrogen (secondary N) is 1. The van der Waals surface area contributed by atoms with E-state index in [2.05, 4.69) is 20.9 Å². The lowest BCUT2D eigenvalue weighted by molar-refractivity contribution is -0.140. The summed E-state index contributed by atoms with van der Waals surface area (Å²) in [7, 11) is 1.35. The number of benzene rings is 2. The lowest BCUT2D eigenvalue weighted by Gasteiger charge is -2.22. The molecule has 134 valence electrons. The number of ether oxygens (including phenoxy) is 1. The van der Waals surface area contributed by atoms with E-state index in [0.717, 1.165) is 20.9 Å². The molecule has 3 rings (SSSR count). The van der Waals surface area contributed by atoms with Crippen molar-refractivity contribution in [3.8, 4) is 0 Å². The second kappa shape index (κ2) is 8.19. The summed E-state index contributed by atoms with van der Waals surface area (Å²) in [5.41, 5.74) is 2.39. The fourth-order valence-electron chi connectivity index (χ4n) is 2.77. The highest BCUT2D eigenvalue weighted by atomic mass is 79.9. The highest BCUT2D eigenvalue weighted by Crippen LogP contribution is 2.21. The van der Waals surface area contributed by atoms with Gasteiger partial charge in [-0.2, -0.15) is 0 Å². The number of carbonyl (C=O) groups is 2. The van der Waals surface area contributed by atoms with Crippen LogP contribution in [0.1, 0.15) is 22.5 Å². The number of rotatable bonds is 6. The van der Waals surface area contributed by atoms with Crippen LogP contribution in [0.2, 0.25) is 0 Å². The number of carbonyl (C=O) groups excluding carboxylic acids is 2. The molecule has 2 aromatic carbocycles. The van der Waals surface area contributed by atoms with E-state index in [4.69, 9.17) is 4.74 Å². The van der Waals surface area contributed by atoms with Gasteiger partial charge < -0.3 is 14.6 Å². The number of amides is 1. The predicted molar refractivity (Wildman–Crippen MR) is 104 cm³/mol. The van der Waals surface area contributed by atoms with Crippen molar-refractivity contribution in [2.45, 2.75) is 13.0 Å². The minimum atomic E-state index is -0.337. The molecular weight excluding hydrogens is 396 g/mol. The van der Waals surface area contributed by atoms with E-state index < -0.39 is 0 Å². The lowest BCUT2D eigenvalue weighted by Crippen LogP contribution is -2.33. The van der Waals surface area contributed by atoms with E-state index in [1.165, 1.54) is 7.11 Å². The summed E-state index contributed by atoms with van der Waals surface area (Å²) in [6.45, 7) is 0.717. The van der Waals surface area contributed by atoms with Gasteiger partial charge in [-0.3, -0.25) is 9.59 Å². The van der Waals surface area contributed by atoms with Crippen LogP contribution in [0, 0.1) is 0 Å². The van der Waals surface area contributed by atoms with E-state index >= 15 is 0 Å². The molecule has 0 unspecified atom stereocenters. The largest absolute Gasteiger partial charge is 0.469 e. The number of H-pyrrole nitrogens is 1. The van der Waals surface area contributed by atoms with Gasteiger partial charge in [0.2, 0.25) is 0 Å². The van der Waals surface area contributed by atoms with Crippen LogP contribution in [0.25, 0.3) is 10.9 Å². The van der Waals surface area contributed by atoms with E-state index in [1.54, 1.807) is 4.90 Å². The molecular formula is C20H19BrN2O3. The van der Waals surface area contributed by atoms with Crippen LogP contribution in [0.4, 0.5) is 0 Å². The topological polar surface area (TPSA) is 62.4 Å². The molecule has 3 aromatic rings. The van der Waals surface area contributed by atoms with E-state index in [1.807, 2.05) is 54.6 Å². The van der Waals surface area contributed by atoms with Crippen molar-refractivity contribution in [3.63, 3.8) is 0 Å². The number of methoxy groups -OCH3 is 1. The molecule has 0 aliphatic carbocycles. The number of fused-ring (bicyclic) bond motifs is 1. The minimum absolute atomic E-state index is 0.148. The number of hydrogen-bond acceptors (Lipinski definition) is 3. The molecule has 0 aliphatic rings. The maximum absolute atomic E-state index is 13.0. The molecule has 0 saturated heterocycles. The highest BCUT2D eigenvalue weighted by Gasteiger charge is 2.19. The molecule has 6 heteroatoms. The van der Waals surface area contributed by atoms with Gasteiger partial charge in [0.25, 0.3) is 5.91 Å². The SMILES string of the molecule is COC(=O)CCN(Cc1ccccc1)C(=O)c1cc2ccc(Br)cc2[nH]1. The van der Waals surface area contributed by atoms with Gasteiger partial charge in [-0.25, -0.2) is 0 Å². The van der Waals surface area contributed by atoms with Crippen molar-refractivity contribution < 1.29 is 14.3 Å². The Morgan fingerprint density at radius 1 is 1.12 bits per heavy atom. The zero-order chi connectivity index (χ0) is 18.5. The van der Waals surface area contributed by atoms with Gasteiger partial charge >= 0.3 is 5.97 Å². The summed E-state index contributed by atoms with van der Waals surface area (Å²) in [5, 5.41) is 0.962. The summed E-state index contributed by atoms with van der Waals surface area (Å²) in [5.74, 6) is -0.485. The van der Waals surface area contributed by atoms with Gasteiger partial charge in [-0.05, 0) is 23.8 Å². The first kappa shape index (κ1) is 18.2. The van der Waals surface area contributed by atoms with Crippen molar-refractivity contribution in [3.05, 3.63) is 70.3 Å². The first-order valence-corrected chi connectivity index (χ1v) is 9.04. The third-order valence-electron chi connectivity index (χ3n) is 4.13. The third-order valence-corrected chi connectivity index (χ3v) is 4.63. The highest BCUT2D eigenvalue weighted by molar-refractivity contribution is 9.10. The fraction of sp³-hybridized carbons (Fsp3) is 0.200. The number of aromatic amines is 1. The Labute approximate surface area is 160 Å². The third kappa shape index (κ3) is 4.32. The Morgan fingerprint density at radius 2 is 1.88 bits per heavy atom. The van der Waals surface area contributed by atoms with Crippen LogP contribution in [-0.2, 0) is 16.1 Å². The first-order chi connectivity index (χ1) is 12.6. The standard InChI is InChI=1S/C20H19BrN2O3/c1-26-19(24)9-10-23(13-14-5-3-2-4-6-14)20(25)18-11-15-7-8-16(21)12-17(15)22-18/h2-8,11-12,22H,9-10,13H2,1H3. The summed E-state index contributed by atoms with van der Waals surface area (Å²) in [4.78, 5) is 29.4. The van der Waals surface area contributed by atoms with Crippen molar-refractivity contribution in [1.29, 1.82) is 0 Å². The van der Waals surface area contributed by atoms with Crippen LogP contribution in [0.15, 0.2) is 59.1 Å². The van der Waals surface area contributed by atoms with Crippen molar-refractivity contribution in [2.75, 3.05) is 13.7 Å². The molecule has 26 heavy (non-hydrogen) atoms. The zero-order valence-electron chi connectivity index (χ0n) is 14.4. The Bertz CT molecular complexity index is 921. The van der Waals surface area contributed by atoms with Crippen LogP contribution >= 0.6 is 15.9 Å². The molecule has 0 fully saturated rings. The summed E-state index contributed by atoms with van der Waals surface area (Å²) < 4.78 is 5.65. The van der Waals surface area contributed by atoms with Crippen molar-refractivity contribution >= 4 is 38.7 Å². The number of esters is 1. The van der Waals surface area contributed by atoms with Crippen LogP contribution in [0.5, 0.6) is 0 Å². The molecule has 0 aliphatic heterocycles. The van der Waals surface area contributed by atoms with Gasteiger partial charge in [0.15, 0.2) is 0 Å². The summed E-state index contributed by atoms with van der Waals surface area (Å²) in [6.07, 6.45) is 0.154. The van der Waals surface area contributed by atoms with Gasteiger partial charge in [0.05, 0.1) is 13.5 Å². The molecule has 1 aromatic heterocycles. The Kier molecular flexibility index (Phi) is 5.73. The normalized spacial score (nSPS) is 10.7. The maximum Gasteiger partial charge on any atom is 0.307 e. The predicted octanol–water partition coefficient (Wildman–Crippen LogP) is 4.14. The Balaban J connectivity index is 1.85. The second-order valence-corrected chi connectivity index (χ2v) is 6.87. The molecule has 1 heterocycles. The monoisotopic (exact) mass is 414 g/mol. The van der Waals surface area contributed by atoms with Crippen LogP contribution < -0.4 is 0 Å². The number of hydrogen-bond donors (Lipinski definition) is 1. The smallest absolute Gasteiger partial charge is 0.307 e. The lowest BCUT2D eigenvalue weighted by atomic mass is 10.2. The molecule has 0 atom stereocenters. The Hall–Kier alpha value is -2.60. The number of aromatic nitrogens is 1. The molecule has 1 amide bonds. The molecule has 0 bridgehead atoms. The fourth-order valence-corrected chi connectivity index (χ4v) is 3.13. The number of nitrogens with zero attached hydrogens (tertiary/aromatic N) is 1. The van der Waals surface area contributed by atoms with Crippen LogP contribution in [-0.4, -0.2) is 35.4 Å². The molecule has 5 nitrogen and oxygen atoms in total. The van der Waals surface area contributed by atoms with Gasteiger partial charge in [0, 0.05) is 28.5 Å². The van der Waals surface area contributed by atoms with Crippen molar-refractivity contribution in [2.24, 2.45) is 0 Å². The minimum Gasteiger partial charge on any atom is -0.469 e. The van der Waals surface area contributed by atoms with Crippen LogP contribution in [0.3, 0.4) is 0 Å². The van der Waals surface area contributed by atoms with Gasteiger partial charge in [-0.15, -0.1) is 0 Å². The average Bonchev–Trinajstić information content (AvgIpc) is 3.08. The maximum atomic E-state index is 13.0. The summed E-state index contributed by atoms with van der Waals surface area (Å²) >= 11 is 3.43. The average molecular weight is 415 g/mol. The van der Waals surface area contributed by atoms with Crippen molar-refractivity contribution in [1.82, 2.24) is 9.88 Å². The summed E-state index contributed by atoms with van der Waals surface area (Å²) in [6, 6.07) is 17.4. The second-order valence-electron chi connectivity index (χ2n) is 5.95. The molecule has 0 saturated carbocycles. The molecule has 1 N–H and O–H groups in total.